The van der Waals surface area contributed by atoms with E-state index in [4.69, 9.17) is 4.74 Å². The highest BCUT2D eigenvalue weighted by Gasteiger charge is 2.45. The number of ether oxygens (including phenoxy) is 1. The minimum absolute atomic E-state index is 0.146. The average molecular weight is 288 g/mol. The zero-order valence-electron chi connectivity index (χ0n) is 11.5. The molecular weight excluding hydrogens is 272 g/mol. The quantitative estimate of drug-likeness (QED) is 0.871. The van der Waals surface area contributed by atoms with E-state index in [1.807, 2.05) is 34.5 Å². The van der Waals surface area contributed by atoms with Crippen molar-refractivity contribution in [2.45, 2.75) is 25.3 Å². The van der Waals surface area contributed by atoms with Gasteiger partial charge in [-0.2, -0.15) is 0 Å². The van der Waals surface area contributed by atoms with Crippen molar-refractivity contribution in [3.05, 3.63) is 40.8 Å². The van der Waals surface area contributed by atoms with Crippen LogP contribution in [0.25, 0.3) is 0 Å². The first-order valence-electron chi connectivity index (χ1n) is 6.52. The standard InChI is InChI=1S/C15H16N2O2S/c1-15(14-16-9-10-20-14)8-7-13(18)17(15)11-3-5-12(19-2)6-4-11/h3-6,9-10H,7-8H2,1-2H3. The Balaban J connectivity index is 2.02. The van der Waals surface area contributed by atoms with Crippen molar-refractivity contribution in [1.82, 2.24) is 4.98 Å². The van der Waals surface area contributed by atoms with Gasteiger partial charge in [-0.3, -0.25) is 4.79 Å². The van der Waals surface area contributed by atoms with Crippen LogP contribution in [0.3, 0.4) is 0 Å². The molecule has 0 aliphatic carbocycles. The highest BCUT2D eigenvalue weighted by Crippen LogP contribution is 2.43. The molecule has 20 heavy (non-hydrogen) atoms. The fraction of sp³-hybridized carbons (Fsp3) is 0.333. The van der Waals surface area contributed by atoms with E-state index in [0.717, 1.165) is 22.9 Å². The van der Waals surface area contributed by atoms with E-state index >= 15 is 0 Å². The van der Waals surface area contributed by atoms with Crippen molar-refractivity contribution >= 4 is 22.9 Å². The molecular formula is C15H16N2O2S. The van der Waals surface area contributed by atoms with Gasteiger partial charge in [-0.15, -0.1) is 11.3 Å². The molecule has 0 radical (unpaired) electrons. The predicted octanol–water partition coefficient (Wildman–Crippen LogP) is 3.19. The monoisotopic (exact) mass is 288 g/mol. The lowest BCUT2D eigenvalue weighted by molar-refractivity contribution is -0.117. The molecule has 0 spiro atoms. The first-order chi connectivity index (χ1) is 9.65. The summed E-state index contributed by atoms with van der Waals surface area (Å²) in [5.74, 6) is 0.934. The van der Waals surface area contributed by atoms with E-state index < -0.39 is 0 Å². The fourth-order valence-corrected chi connectivity index (χ4v) is 3.52. The van der Waals surface area contributed by atoms with Gasteiger partial charge in [-0.25, -0.2) is 4.98 Å². The molecule has 104 valence electrons. The van der Waals surface area contributed by atoms with E-state index in [2.05, 4.69) is 11.9 Å². The van der Waals surface area contributed by atoms with Crippen molar-refractivity contribution in [3.63, 3.8) is 0 Å². The van der Waals surface area contributed by atoms with E-state index in [0.29, 0.717) is 6.42 Å². The molecule has 1 aromatic carbocycles. The lowest BCUT2D eigenvalue weighted by Crippen LogP contribution is -2.41. The molecule has 0 bridgehead atoms. The molecule has 1 aliphatic rings. The molecule has 2 aromatic rings. The van der Waals surface area contributed by atoms with E-state index in [-0.39, 0.29) is 11.4 Å². The second kappa shape index (κ2) is 4.90. The predicted molar refractivity (Wildman–Crippen MR) is 79.2 cm³/mol. The van der Waals surface area contributed by atoms with Crippen LogP contribution in [0.4, 0.5) is 5.69 Å². The van der Waals surface area contributed by atoms with Crippen LogP contribution in [0.5, 0.6) is 5.75 Å². The number of hydrogen-bond donors (Lipinski definition) is 0. The van der Waals surface area contributed by atoms with Crippen molar-refractivity contribution in [3.8, 4) is 5.75 Å². The van der Waals surface area contributed by atoms with Gasteiger partial charge in [0.05, 0.1) is 12.6 Å². The van der Waals surface area contributed by atoms with Crippen LogP contribution in [-0.4, -0.2) is 18.0 Å². The maximum atomic E-state index is 12.3. The highest BCUT2D eigenvalue weighted by atomic mass is 32.1. The Labute approximate surface area is 122 Å². The Hall–Kier alpha value is -1.88. The number of methoxy groups -OCH3 is 1. The van der Waals surface area contributed by atoms with Gasteiger partial charge >= 0.3 is 0 Å². The van der Waals surface area contributed by atoms with Crippen LogP contribution < -0.4 is 9.64 Å². The largest absolute Gasteiger partial charge is 0.497 e. The normalized spacial score (nSPS) is 22.3. The van der Waals surface area contributed by atoms with Crippen LogP contribution >= 0.6 is 11.3 Å². The minimum Gasteiger partial charge on any atom is -0.497 e. The van der Waals surface area contributed by atoms with E-state index in [1.165, 1.54) is 0 Å². The highest BCUT2D eigenvalue weighted by molar-refractivity contribution is 7.09. The second-order valence-electron chi connectivity index (χ2n) is 5.04. The third kappa shape index (κ3) is 1.98. The summed E-state index contributed by atoms with van der Waals surface area (Å²) in [6.07, 6.45) is 3.15. The Kier molecular flexibility index (Phi) is 3.22. The van der Waals surface area contributed by atoms with Gasteiger partial charge in [0, 0.05) is 23.7 Å². The number of carbonyl (C=O) groups excluding carboxylic acids is 1. The maximum absolute atomic E-state index is 12.3. The van der Waals surface area contributed by atoms with Gasteiger partial charge in [-0.1, -0.05) is 0 Å². The molecule has 5 heteroatoms. The van der Waals surface area contributed by atoms with Crippen LogP contribution in [0.2, 0.25) is 0 Å². The van der Waals surface area contributed by atoms with Crippen LogP contribution in [-0.2, 0) is 10.3 Å². The summed E-state index contributed by atoms with van der Waals surface area (Å²) >= 11 is 1.60. The molecule has 1 fully saturated rings. The second-order valence-corrected chi connectivity index (χ2v) is 5.93. The number of amides is 1. The van der Waals surface area contributed by atoms with E-state index in [1.54, 1.807) is 24.6 Å². The number of rotatable bonds is 3. The number of anilines is 1. The first kappa shape index (κ1) is 13.1. The van der Waals surface area contributed by atoms with Gasteiger partial charge < -0.3 is 9.64 Å². The lowest BCUT2D eigenvalue weighted by atomic mass is 9.99. The molecule has 1 aliphatic heterocycles. The summed E-state index contributed by atoms with van der Waals surface area (Å²) in [7, 11) is 1.63. The topological polar surface area (TPSA) is 42.4 Å². The van der Waals surface area contributed by atoms with Gasteiger partial charge in [0.25, 0.3) is 0 Å². The van der Waals surface area contributed by atoms with Crippen LogP contribution in [0, 0.1) is 0 Å². The SMILES string of the molecule is COc1ccc(N2C(=O)CCC2(C)c2nccs2)cc1. The zero-order chi connectivity index (χ0) is 14.2. The van der Waals surface area contributed by atoms with Crippen molar-refractivity contribution < 1.29 is 9.53 Å². The zero-order valence-corrected chi connectivity index (χ0v) is 12.3. The molecule has 4 nitrogen and oxygen atoms in total. The van der Waals surface area contributed by atoms with Gasteiger partial charge in [-0.05, 0) is 37.6 Å². The Morgan fingerprint density at radius 1 is 1.35 bits per heavy atom. The first-order valence-corrected chi connectivity index (χ1v) is 7.40. The molecule has 0 N–H and O–H groups in total. The smallest absolute Gasteiger partial charge is 0.227 e. The van der Waals surface area contributed by atoms with Crippen molar-refractivity contribution in [2.75, 3.05) is 12.0 Å². The molecule has 0 saturated carbocycles. The molecule has 1 atom stereocenters. The lowest BCUT2D eigenvalue weighted by Gasteiger charge is -2.33. The van der Waals surface area contributed by atoms with Crippen LogP contribution in [0.15, 0.2) is 35.8 Å². The third-order valence-electron chi connectivity index (χ3n) is 3.79. The van der Waals surface area contributed by atoms with E-state index in [9.17, 15) is 4.79 Å². The molecule has 2 heterocycles. The van der Waals surface area contributed by atoms with Crippen molar-refractivity contribution in [2.24, 2.45) is 0 Å². The Morgan fingerprint density at radius 3 is 2.70 bits per heavy atom. The fourth-order valence-electron chi connectivity index (χ4n) is 2.70. The minimum atomic E-state index is -0.347. The Morgan fingerprint density at radius 2 is 2.10 bits per heavy atom. The maximum Gasteiger partial charge on any atom is 0.227 e. The number of nitrogens with zero attached hydrogens (tertiary/aromatic N) is 2. The van der Waals surface area contributed by atoms with Gasteiger partial charge in [0.2, 0.25) is 5.91 Å². The van der Waals surface area contributed by atoms with Crippen molar-refractivity contribution in [1.29, 1.82) is 0 Å². The molecule has 1 aromatic heterocycles. The number of benzene rings is 1. The van der Waals surface area contributed by atoms with Gasteiger partial charge in [0.15, 0.2) is 0 Å². The number of thiazole rings is 1. The summed E-state index contributed by atoms with van der Waals surface area (Å²) < 4.78 is 5.17. The summed E-state index contributed by atoms with van der Waals surface area (Å²) in [4.78, 5) is 18.6. The third-order valence-corrected chi connectivity index (χ3v) is 4.82. The summed E-state index contributed by atoms with van der Waals surface area (Å²) in [6.45, 7) is 2.08. The molecule has 1 unspecified atom stereocenters. The van der Waals surface area contributed by atoms with Gasteiger partial charge in [0.1, 0.15) is 10.8 Å². The number of carbonyl (C=O) groups is 1. The number of hydrogen-bond acceptors (Lipinski definition) is 4. The van der Waals surface area contributed by atoms with Crippen LogP contribution in [0.1, 0.15) is 24.8 Å². The average Bonchev–Trinajstić information content (AvgIpc) is 3.09. The summed E-state index contributed by atoms with van der Waals surface area (Å²) in [6, 6.07) is 7.61. The summed E-state index contributed by atoms with van der Waals surface area (Å²) in [5.41, 5.74) is 0.547. The molecule has 1 saturated heterocycles. The number of aromatic nitrogens is 1. The summed E-state index contributed by atoms with van der Waals surface area (Å²) in [5, 5.41) is 2.94. The Bertz CT molecular complexity index is 609. The molecule has 1 amide bonds. The molecule has 3 rings (SSSR count).